The highest BCUT2D eigenvalue weighted by Crippen LogP contribution is 2.44. The Morgan fingerprint density at radius 1 is 0.366 bits per heavy atom. The van der Waals surface area contributed by atoms with Crippen LogP contribution in [0.4, 0.5) is 0 Å². The molecule has 8 rings (SSSR count). The number of aromatic nitrogens is 1. The second-order valence-electron chi connectivity index (χ2n) is 11.1. The summed E-state index contributed by atoms with van der Waals surface area (Å²) >= 11 is 0. The smallest absolute Gasteiger partial charge is 0.0541 e. The molecule has 1 aromatic heterocycles. The van der Waals surface area contributed by atoms with E-state index in [1.165, 1.54) is 82.4 Å². The van der Waals surface area contributed by atoms with E-state index in [9.17, 15) is 0 Å². The third-order valence-electron chi connectivity index (χ3n) is 8.48. The van der Waals surface area contributed by atoms with Gasteiger partial charge in [-0.1, -0.05) is 120 Å². The van der Waals surface area contributed by atoms with Crippen LogP contribution < -0.4 is 0 Å². The third kappa shape index (κ3) is 3.70. The van der Waals surface area contributed by atoms with Crippen molar-refractivity contribution < 1.29 is 0 Å². The van der Waals surface area contributed by atoms with E-state index in [4.69, 9.17) is 0 Å². The maximum Gasteiger partial charge on any atom is 0.0541 e. The van der Waals surface area contributed by atoms with E-state index in [1.807, 2.05) is 0 Å². The topological polar surface area (TPSA) is 4.93 Å². The Balaban J connectivity index is 1.38. The molecule has 41 heavy (non-hydrogen) atoms. The van der Waals surface area contributed by atoms with Gasteiger partial charge < -0.3 is 4.57 Å². The number of fused-ring (bicyclic) bond motifs is 5. The summed E-state index contributed by atoms with van der Waals surface area (Å²) in [5, 5.41) is 7.74. The second-order valence-corrected chi connectivity index (χ2v) is 11.1. The molecule has 0 unspecified atom stereocenters. The summed E-state index contributed by atoms with van der Waals surface area (Å²) in [4.78, 5) is 0. The van der Waals surface area contributed by atoms with Crippen LogP contribution >= 0.6 is 0 Å². The lowest BCUT2D eigenvalue weighted by Gasteiger charge is -2.18. The van der Waals surface area contributed by atoms with E-state index in [2.05, 4.69) is 158 Å². The molecule has 0 saturated heterocycles. The quantitative estimate of drug-likeness (QED) is 0.203. The number of para-hydroxylation sites is 1. The molecule has 8 aromatic rings. The molecule has 0 bridgehead atoms. The molecule has 0 saturated carbocycles. The van der Waals surface area contributed by atoms with E-state index < -0.39 is 0 Å². The molecule has 1 heterocycles. The lowest BCUT2D eigenvalue weighted by molar-refractivity contribution is 1.18. The standard InChI is InChI=1S/C40H29N/c1-26-16-22-34-36(25-26)40(28-10-4-3-5-11-28)33-14-7-6-13-32(33)39(34)29-18-20-30(21-19-29)41-37-15-9-8-12-31(37)35-24-27(2)17-23-38(35)41/h3-25H,1-2H3. The lowest BCUT2D eigenvalue weighted by Crippen LogP contribution is -1.95. The Labute approximate surface area is 239 Å². The Morgan fingerprint density at radius 2 is 0.878 bits per heavy atom. The van der Waals surface area contributed by atoms with Crippen LogP contribution in [0.15, 0.2) is 140 Å². The minimum Gasteiger partial charge on any atom is -0.309 e. The molecule has 7 aromatic carbocycles. The van der Waals surface area contributed by atoms with Gasteiger partial charge in [-0.3, -0.25) is 0 Å². The van der Waals surface area contributed by atoms with Gasteiger partial charge in [-0.2, -0.15) is 0 Å². The van der Waals surface area contributed by atoms with Crippen LogP contribution in [0.1, 0.15) is 11.1 Å². The summed E-state index contributed by atoms with van der Waals surface area (Å²) < 4.78 is 2.39. The molecule has 1 heteroatoms. The molecule has 0 aliphatic heterocycles. The van der Waals surface area contributed by atoms with Crippen molar-refractivity contribution in [2.45, 2.75) is 13.8 Å². The fourth-order valence-corrected chi connectivity index (χ4v) is 6.66. The first-order valence-electron chi connectivity index (χ1n) is 14.3. The monoisotopic (exact) mass is 523 g/mol. The van der Waals surface area contributed by atoms with Crippen LogP contribution in [0, 0.1) is 13.8 Å². The predicted molar refractivity (Wildman–Crippen MR) is 176 cm³/mol. The van der Waals surface area contributed by atoms with Crippen molar-refractivity contribution in [2.24, 2.45) is 0 Å². The molecule has 0 aliphatic rings. The van der Waals surface area contributed by atoms with Crippen molar-refractivity contribution >= 4 is 43.4 Å². The maximum atomic E-state index is 2.39. The highest BCUT2D eigenvalue weighted by atomic mass is 15.0. The van der Waals surface area contributed by atoms with E-state index >= 15 is 0 Å². The number of hydrogen-bond donors (Lipinski definition) is 0. The van der Waals surface area contributed by atoms with Gasteiger partial charge in [0, 0.05) is 16.5 Å². The first kappa shape index (κ1) is 23.7. The lowest BCUT2D eigenvalue weighted by atomic mass is 9.85. The third-order valence-corrected chi connectivity index (χ3v) is 8.48. The molecule has 194 valence electrons. The summed E-state index contributed by atoms with van der Waals surface area (Å²) in [7, 11) is 0. The summed E-state index contributed by atoms with van der Waals surface area (Å²) in [6.07, 6.45) is 0. The van der Waals surface area contributed by atoms with E-state index in [1.54, 1.807) is 0 Å². The maximum absolute atomic E-state index is 2.39. The van der Waals surface area contributed by atoms with Crippen molar-refractivity contribution in [1.82, 2.24) is 4.57 Å². The number of nitrogens with zero attached hydrogens (tertiary/aromatic N) is 1. The van der Waals surface area contributed by atoms with E-state index in [0.29, 0.717) is 0 Å². The molecule has 0 spiro atoms. The van der Waals surface area contributed by atoms with Crippen LogP contribution in [-0.4, -0.2) is 4.57 Å². The second kappa shape index (κ2) is 9.21. The van der Waals surface area contributed by atoms with Gasteiger partial charge in [0.05, 0.1) is 11.0 Å². The predicted octanol–water partition coefficient (Wildman–Crippen LogP) is 11.0. The SMILES string of the molecule is Cc1ccc2c(-c3ccc(-n4c5ccccc5c5cc(C)ccc54)cc3)c3ccccc3c(-c3ccccc3)c2c1. The van der Waals surface area contributed by atoms with Gasteiger partial charge in [-0.25, -0.2) is 0 Å². The molecular weight excluding hydrogens is 494 g/mol. The van der Waals surface area contributed by atoms with Crippen molar-refractivity contribution in [3.05, 3.63) is 151 Å². The van der Waals surface area contributed by atoms with Gasteiger partial charge >= 0.3 is 0 Å². The number of rotatable bonds is 3. The van der Waals surface area contributed by atoms with Crippen molar-refractivity contribution in [2.75, 3.05) is 0 Å². The Morgan fingerprint density at radius 3 is 1.61 bits per heavy atom. The van der Waals surface area contributed by atoms with Gasteiger partial charge in [0.15, 0.2) is 0 Å². The molecule has 0 N–H and O–H groups in total. The average molecular weight is 524 g/mol. The largest absolute Gasteiger partial charge is 0.309 e. The fraction of sp³-hybridized carbons (Fsp3) is 0.0500. The van der Waals surface area contributed by atoms with Crippen molar-refractivity contribution in [1.29, 1.82) is 0 Å². The van der Waals surface area contributed by atoms with Crippen LogP contribution in [0.2, 0.25) is 0 Å². The van der Waals surface area contributed by atoms with Crippen LogP contribution in [0.25, 0.3) is 71.3 Å². The Hall–Kier alpha value is -5.14. The van der Waals surface area contributed by atoms with Crippen molar-refractivity contribution in [3.8, 4) is 27.9 Å². The van der Waals surface area contributed by atoms with Gasteiger partial charge in [-0.15, -0.1) is 0 Å². The average Bonchev–Trinajstić information content (AvgIpc) is 3.34. The minimum absolute atomic E-state index is 1.18. The Kier molecular flexibility index (Phi) is 5.33. The fourth-order valence-electron chi connectivity index (χ4n) is 6.66. The number of aryl methyl sites for hydroxylation is 2. The van der Waals surface area contributed by atoms with Crippen LogP contribution in [0.5, 0.6) is 0 Å². The molecule has 0 radical (unpaired) electrons. The zero-order valence-corrected chi connectivity index (χ0v) is 23.2. The first-order chi connectivity index (χ1) is 20.2. The summed E-state index contributed by atoms with van der Waals surface area (Å²) in [5.41, 5.74) is 11.3. The molecule has 0 aliphatic carbocycles. The first-order valence-corrected chi connectivity index (χ1v) is 14.3. The summed E-state index contributed by atoms with van der Waals surface area (Å²) in [6, 6.07) is 51.2. The molecular formula is C40H29N. The minimum atomic E-state index is 1.18. The van der Waals surface area contributed by atoms with Gasteiger partial charge in [0.25, 0.3) is 0 Å². The Bertz CT molecular complexity index is 2250. The highest BCUT2D eigenvalue weighted by Gasteiger charge is 2.17. The molecule has 0 fully saturated rings. The summed E-state index contributed by atoms with van der Waals surface area (Å²) in [5.74, 6) is 0. The van der Waals surface area contributed by atoms with Crippen LogP contribution in [0.3, 0.4) is 0 Å². The van der Waals surface area contributed by atoms with Crippen LogP contribution in [-0.2, 0) is 0 Å². The van der Waals surface area contributed by atoms with E-state index in [-0.39, 0.29) is 0 Å². The molecule has 0 amide bonds. The number of hydrogen-bond acceptors (Lipinski definition) is 0. The van der Waals surface area contributed by atoms with Crippen molar-refractivity contribution in [3.63, 3.8) is 0 Å². The van der Waals surface area contributed by atoms with Gasteiger partial charge in [0.2, 0.25) is 0 Å². The van der Waals surface area contributed by atoms with Gasteiger partial charge in [0.1, 0.15) is 0 Å². The summed E-state index contributed by atoms with van der Waals surface area (Å²) in [6.45, 7) is 4.35. The van der Waals surface area contributed by atoms with E-state index in [0.717, 1.165) is 0 Å². The highest BCUT2D eigenvalue weighted by molar-refractivity contribution is 6.21. The van der Waals surface area contributed by atoms with Gasteiger partial charge in [-0.05, 0) is 88.0 Å². The molecule has 0 atom stereocenters. The zero-order valence-electron chi connectivity index (χ0n) is 23.2. The number of benzene rings is 7. The molecule has 1 nitrogen and oxygen atoms in total. The normalized spacial score (nSPS) is 11.7. The zero-order chi connectivity index (χ0) is 27.5.